The van der Waals surface area contributed by atoms with Gasteiger partial charge in [0.25, 0.3) is 10.0 Å². The van der Waals surface area contributed by atoms with Gasteiger partial charge in [-0.2, -0.15) is 4.31 Å². The van der Waals surface area contributed by atoms with Crippen LogP contribution in [0.1, 0.15) is 20.3 Å². The van der Waals surface area contributed by atoms with Crippen LogP contribution in [0.4, 0.5) is 4.39 Å². The Morgan fingerprint density at radius 3 is 2.67 bits per heavy atom. The molecule has 1 rings (SSSR count). The minimum atomic E-state index is -3.97. The van der Waals surface area contributed by atoms with Crippen molar-refractivity contribution in [3.05, 3.63) is 24.1 Å². The number of sulfonamides is 1. The number of hydrogen-bond donors (Lipinski definition) is 1. The topological polar surface area (TPSA) is 70.5 Å². The Morgan fingerprint density at radius 2 is 2.17 bits per heavy atom. The first-order chi connectivity index (χ1) is 8.41. The molecular formula is C11H17FN2O3S. The van der Waals surface area contributed by atoms with Crippen LogP contribution in [-0.2, 0) is 10.0 Å². The van der Waals surface area contributed by atoms with Crippen molar-refractivity contribution in [2.75, 3.05) is 13.2 Å². The smallest absolute Gasteiger partial charge is 0.263 e. The van der Waals surface area contributed by atoms with Crippen LogP contribution in [0.15, 0.2) is 23.4 Å². The molecule has 18 heavy (non-hydrogen) atoms. The maximum absolute atomic E-state index is 13.5. The summed E-state index contributed by atoms with van der Waals surface area (Å²) < 4.78 is 39.1. The van der Waals surface area contributed by atoms with Gasteiger partial charge in [0.15, 0.2) is 5.82 Å². The number of nitrogens with zero attached hydrogens (tertiary/aromatic N) is 2. The highest BCUT2D eigenvalue weighted by atomic mass is 32.2. The molecule has 0 saturated heterocycles. The van der Waals surface area contributed by atoms with Crippen molar-refractivity contribution in [2.24, 2.45) is 0 Å². The van der Waals surface area contributed by atoms with Gasteiger partial charge in [0.2, 0.25) is 5.03 Å². The van der Waals surface area contributed by atoms with Crippen LogP contribution >= 0.6 is 0 Å². The molecule has 0 aliphatic heterocycles. The zero-order chi connectivity index (χ0) is 13.8. The third kappa shape index (κ3) is 3.24. The second-order valence-electron chi connectivity index (χ2n) is 4.08. The van der Waals surface area contributed by atoms with E-state index in [1.165, 1.54) is 12.3 Å². The number of aliphatic hydroxyl groups is 1. The molecule has 0 radical (unpaired) electrons. The molecule has 0 atom stereocenters. The Hall–Kier alpha value is -1.05. The fourth-order valence-electron chi connectivity index (χ4n) is 1.55. The van der Waals surface area contributed by atoms with E-state index >= 15 is 0 Å². The van der Waals surface area contributed by atoms with Crippen LogP contribution < -0.4 is 0 Å². The van der Waals surface area contributed by atoms with Crippen molar-refractivity contribution >= 4 is 10.0 Å². The third-order valence-corrected chi connectivity index (χ3v) is 4.40. The first-order valence-corrected chi connectivity index (χ1v) is 7.08. The molecule has 5 nitrogen and oxygen atoms in total. The molecule has 0 saturated carbocycles. The van der Waals surface area contributed by atoms with Crippen LogP contribution in [0.3, 0.4) is 0 Å². The monoisotopic (exact) mass is 276 g/mol. The average molecular weight is 276 g/mol. The largest absolute Gasteiger partial charge is 0.396 e. The van der Waals surface area contributed by atoms with E-state index in [2.05, 4.69) is 4.98 Å². The van der Waals surface area contributed by atoms with Gasteiger partial charge in [-0.1, -0.05) is 0 Å². The fourth-order valence-corrected chi connectivity index (χ4v) is 3.21. The Morgan fingerprint density at radius 1 is 1.50 bits per heavy atom. The van der Waals surface area contributed by atoms with Gasteiger partial charge in [-0.15, -0.1) is 0 Å². The molecule has 1 aromatic heterocycles. The lowest BCUT2D eigenvalue weighted by molar-refractivity contribution is 0.258. The van der Waals surface area contributed by atoms with E-state index in [1.54, 1.807) is 13.8 Å². The molecule has 1 aromatic rings. The molecular weight excluding hydrogens is 259 g/mol. The maximum atomic E-state index is 13.5. The van der Waals surface area contributed by atoms with Gasteiger partial charge in [-0.05, 0) is 32.4 Å². The minimum Gasteiger partial charge on any atom is -0.396 e. The number of halogens is 1. The van der Waals surface area contributed by atoms with Crippen molar-refractivity contribution in [2.45, 2.75) is 31.3 Å². The van der Waals surface area contributed by atoms with Crippen LogP contribution in [0.5, 0.6) is 0 Å². The number of pyridine rings is 1. The molecule has 0 spiro atoms. The van der Waals surface area contributed by atoms with Gasteiger partial charge in [0.05, 0.1) is 0 Å². The van der Waals surface area contributed by atoms with Crippen molar-refractivity contribution in [3.8, 4) is 0 Å². The Balaban J connectivity index is 3.14. The van der Waals surface area contributed by atoms with E-state index in [0.717, 1.165) is 10.4 Å². The zero-order valence-corrected chi connectivity index (χ0v) is 11.2. The lowest BCUT2D eigenvalue weighted by Gasteiger charge is -2.25. The highest BCUT2D eigenvalue weighted by Gasteiger charge is 2.30. The molecule has 0 aliphatic rings. The normalized spacial score (nSPS) is 12.3. The lowest BCUT2D eigenvalue weighted by atomic mass is 10.3. The molecule has 0 aromatic carbocycles. The van der Waals surface area contributed by atoms with E-state index < -0.39 is 20.9 Å². The molecule has 0 amide bonds. The van der Waals surface area contributed by atoms with E-state index in [0.29, 0.717) is 6.42 Å². The molecule has 102 valence electrons. The van der Waals surface area contributed by atoms with Crippen LogP contribution in [-0.4, -0.2) is 42.0 Å². The number of hydrogen-bond acceptors (Lipinski definition) is 4. The fraction of sp³-hybridized carbons (Fsp3) is 0.545. The number of rotatable bonds is 6. The summed E-state index contributed by atoms with van der Waals surface area (Å²) >= 11 is 0. The Kier molecular flexibility index (Phi) is 5.18. The standard InChI is InChI=1S/C11H17FN2O3S/c1-9(2)14(7-4-8-15)18(16,17)11-10(12)5-3-6-13-11/h3,5-6,9,15H,4,7-8H2,1-2H3. The summed E-state index contributed by atoms with van der Waals surface area (Å²) in [7, 11) is -3.97. The highest BCUT2D eigenvalue weighted by Crippen LogP contribution is 2.18. The molecule has 7 heteroatoms. The zero-order valence-electron chi connectivity index (χ0n) is 10.4. The lowest BCUT2D eigenvalue weighted by Crippen LogP contribution is -2.38. The molecule has 0 bridgehead atoms. The predicted octanol–water partition coefficient (Wildman–Crippen LogP) is 1.00. The van der Waals surface area contributed by atoms with Gasteiger partial charge in [-0.25, -0.2) is 17.8 Å². The predicted molar refractivity (Wildman–Crippen MR) is 64.9 cm³/mol. The van der Waals surface area contributed by atoms with Crippen molar-refractivity contribution in [1.29, 1.82) is 0 Å². The quantitative estimate of drug-likeness (QED) is 0.841. The van der Waals surface area contributed by atoms with Gasteiger partial charge >= 0.3 is 0 Å². The molecule has 1 N–H and O–H groups in total. The highest BCUT2D eigenvalue weighted by molar-refractivity contribution is 7.89. The van der Waals surface area contributed by atoms with Gasteiger partial charge in [-0.3, -0.25) is 0 Å². The first kappa shape index (κ1) is 15.0. The minimum absolute atomic E-state index is 0.122. The number of aromatic nitrogens is 1. The summed E-state index contributed by atoms with van der Waals surface area (Å²) in [6.07, 6.45) is 1.53. The molecule has 0 aliphatic carbocycles. The molecule has 0 fully saturated rings. The summed E-state index contributed by atoms with van der Waals surface area (Å²) in [5.74, 6) is -0.868. The average Bonchev–Trinajstić information content (AvgIpc) is 2.29. The van der Waals surface area contributed by atoms with E-state index in [9.17, 15) is 12.8 Å². The Bertz CT molecular complexity index is 491. The van der Waals surface area contributed by atoms with Crippen molar-refractivity contribution < 1.29 is 17.9 Å². The third-order valence-electron chi connectivity index (χ3n) is 2.39. The summed E-state index contributed by atoms with van der Waals surface area (Å²) in [5.41, 5.74) is 0. The van der Waals surface area contributed by atoms with E-state index in [-0.39, 0.29) is 19.2 Å². The summed E-state index contributed by atoms with van der Waals surface area (Å²) in [6, 6.07) is 2.06. The van der Waals surface area contributed by atoms with Crippen LogP contribution in [0, 0.1) is 5.82 Å². The summed E-state index contributed by atoms with van der Waals surface area (Å²) in [5, 5.41) is 8.20. The Labute approximate surface area is 106 Å². The van der Waals surface area contributed by atoms with Crippen LogP contribution in [0.25, 0.3) is 0 Å². The van der Waals surface area contributed by atoms with Crippen molar-refractivity contribution in [1.82, 2.24) is 9.29 Å². The van der Waals surface area contributed by atoms with Gasteiger partial charge in [0, 0.05) is 25.4 Å². The second-order valence-corrected chi connectivity index (χ2v) is 5.88. The summed E-state index contributed by atoms with van der Waals surface area (Å²) in [6.45, 7) is 3.39. The summed E-state index contributed by atoms with van der Waals surface area (Å²) in [4.78, 5) is 3.59. The molecule has 1 heterocycles. The van der Waals surface area contributed by atoms with Crippen molar-refractivity contribution in [3.63, 3.8) is 0 Å². The van der Waals surface area contributed by atoms with Gasteiger partial charge < -0.3 is 5.11 Å². The SMILES string of the molecule is CC(C)N(CCCO)S(=O)(=O)c1ncccc1F. The first-order valence-electron chi connectivity index (χ1n) is 5.64. The number of aliphatic hydroxyl groups excluding tert-OH is 1. The van der Waals surface area contributed by atoms with Crippen LogP contribution in [0.2, 0.25) is 0 Å². The second kappa shape index (κ2) is 6.21. The molecule has 0 unspecified atom stereocenters. The maximum Gasteiger partial charge on any atom is 0.263 e. The van der Waals surface area contributed by atoms with E-state index in [4.69, 9.17) is 5.11 Å². The van der Waals surface area contributed by atoms with E-state index in [1.807, 2.05) is 0 Å². The van der Waals surface area contributed by atoms with Gasteiger partial charge in [0.1, 0.15) is 0 Å².